The minimum atomic E-state index is 0.0437. The first-order chi connectivity index (χ1) is 13.6. The zero-order chi connectivity index (χ0) is 19.5. The van der Waals surface area contributed by atoms with Crippen LogP contribution in [0.3, 0.4) is 0 Å². The molecule has 5 heteroatoms. The largest absolute Gasteiger partial charge is 0.334 e. The summed E-state index contributed by atoms with van der Waals surface area (Å²) in [4.78, 5) is 24.3. The molecule has 1 atom stereocenters. The second-order valence-corrected chi connectivity index (χ2v) is 7.64. The van der Waals surface area contributed by atoms with Crippen LogP contribution in [0.15, 0.2) is 60.9 Å². The third-order valence-corrected chi connectivity index (χ3v) is 5.30. The Kier molecular flexibility index (Phi) is 5.24. The summed E-state index contributed by atoms with van der Waals surface area (Å²) < 4.78 is 2.04. The molecule has 1 amide bonds. The standard InChI is InChI=1S/C23H26N4O/c1-17(2)23-24-13-15-27(23)21-12-6-10-19(25-21)20-11-7-14-26(20)22(28)16-18-8-4-3-5-9-18/h3-6,8-10,12-13,15,17,20H,7,11,14,16H2,1-2H3/t20-/m0/s1. The van der Waals surface area contributed by atoms with Crippen molar-refractivity contribution in [2.75, 3.05) is 6.54 Å². The van der Waals surface area contributed by atoms with E-state index in [1.54, 1.807) is 0 Å². The number of hydrogen-bond acceptors (Lipinski definition) is 3. The third kappa shape index (κ3) is 3.70. The van der Waals surface area contributed by atoms with E-state index in [0.29, 0.717) is 12.3 Å². The number of benzene rings is 1. The maximum absolute atomic E-state index is 12.9. The van der Waals surface area contributed by atoms with Gasteiger partial charge in [0.1, 0.15) is 11.6 Å². The summed E-state index contributed by atoms with van der Waals surface area (Å²) in [5, 5.41) is 0. The van der Waals surface area contributed by atoms with Gasteiger partial charge in [-0.25, -0.2) is 9.97 Å². The smallest absolute Gasteiger partial charge is 0.227 e. The second-order valence-electron chi connectivity index (χ2n) is 7.64. The van der Waals surface area contributed by atoms with Gasteiger partial charge in [0.15, 0.2) is 0 Å². The molecule has 0 bridgehead atoms. The van der Waals surface area contributed by atoms with Crippen LogP contribution in [0.4, 0.5) is 0 Å². The van der Waals surface area contributed by atoms with Crippen molar-refractivity contribution < 1.29 is 4.79 Å². The average molecular weight is 374 g/mol. The topological polar surface area (TPSA) is 51.0 Å². The lowest BCUT2D eigenvalue weighted by Gasteiger charge is -2.25. The van der Waals surface area contributed by atoms with Gasteiger partial charge in [-0.15, -0.1) is 0 Å². The number of hydrogen-bond donors (Lipinski definition) is 0. The highest BCUT2D eigenvalue weighted by Crippen LogP contribution is 2.32. The van der Waals surface area contributed by atoms with Gasteiger partial charge in [-0.05, 0) is 30.5 Å². The Bertz CT molecular complexity index is 948. The second kappa shape index (κ2) is 7.97. The van der Waals surface area contributed by atoms with Crippen LogP contribution in [0.2, 0.25) is 0 Å². The number of carbonyl (C=O) groups is 1. The Morgan fingerprint density at radius 1 is 1.14 bits per heavy atom. The van der Waals surface area contributed by atoms with Crippen LogP contribution in [0.25, 0.3) is 5.82 Å². The van der Waals surface area contributed by atoms with Gasteiger partial charge in [0.2, 0.25) is 5.91 Å². The molecular weight excluding hydrogens is 348 g/mol. The molecule has 0 saturated carbocycles. The van der Waals surface area contributed by atoms with Gasteiger partial charge >= 0.3 is 0 Å². The first-order valence-electron chi connectivity index (χ1n) is 9.97. The molecule has 1 fully saturated rings. The van der Waals surface area contributed by atoms with Gasteiger partial charge < -0.3 is 4.90 Å². The lowest BCUT2D eigenvalue weighted by molar-refractivity contribution is -0.131. The van der Waals surface area contributed by atoms with Gasteiger partial charge in [-0.1, -0.05) is 50.2 Å². The SMILES string of the molecule is CC(C)c1nccn1-c1cccc([C@@H]2CCCN2C(=O)Cc2ccccc2)n1. The summed E-state index contributed by atoms with van der Waals surface area (Å²) in [6, 6.07) is 16.1. The third-order valence-electron chi connectivity index (χ3n) is 5.30. The molecule has 1 aliphatic heterocycles. The Morgan fingerprint density at radius 3 is 2.75 bits per heavy atom. The Hall–Kier alpha value is -2.95. The van der Waals surface area contributed by atoms with E-state index in [-0.39, 0.29) is 11.9 Å². The molecule has 0 aliphatic carbocycles. The minimum absolute atomic E-state index is 0.0437. The van der Waals surface area contributed by atoms with E-state index >= 15 is 0 Å². The van der Waals surface area contributed by atoms with Gasteiger partial charge in [-0.3, -0.25) is 9.36 Å². The summed E-state index contributed by atoms with van der Waals surface area (Å²) in [5.74, 6) is 2.34. The molecule has 0 spiro atoms. The average Bonchev–Trinajstić information content (AvgIpc) is 3.39. The fourth-order valence-electron chi connectivity index (χ4n) is 3.94. The van der Waals surface area contributed by atoms with Crippen molar-refractivity contribution in [2.24, 2.45) is 0 Å². The molecule has 28 heavy (non-hydrogen) atoms. The molecular formula is C23H26N4O. The molecule has 144 valence electrons. The molecule has 2 aromatic heterocycles. The van der Waals surface area contributed by atoms with Crippen LogP contribution in [0.1, 0.15) is 55.7 Å². The molecule has 3 heterocycles. The number of carbonyl (C=O) groups excluding carboxylic acids is 1. The van der Waals surface area contributed by atoms with E-state index in [4.69, 9.17) is 4.98 Å². The number of likely N-dealkylation sites (tertiary alicyclic amines) is 1. The minimum Gasteiger partial charge on any atom is -0.334 e. The molecule has 0 radical (unpaired) electrons. The zero-order valence-electron chi connectivity index (χ0n) is 16.5. The van der Waals surface area contributed by atoms with Crippen LogP contribution in [-0.4, -0.2) is 31.9 Å². The first kappa shape index (κ1) is 18.4. The van der Waals surface area contributed by atoms with Crippen LogP contribution in [0.5, 0.6) is 0 Å². The van der Waals surface area contributed by atoms with Crippen molar-refractivity contribution in [1.82, 2.24) is 19.4 Å². The monoisotopic (exact) mass is 374 g/mol. The summed E-state index contributed by atoms with van der Waals surface area (Å²) >= 11 is 0. The van der Waals surface area contributed by atoms with Gasteiger partial charge in [0.05, 0.1) is 18.2 Å². The van der Waals surface area contributed by atoms with Gasteiger partial charge in [0, 0.05) is 24.9 Å². The number of aromatic nitrogens is 3. The molecule has 0 unspecified atom stereocenters. The molecule has 3 aromatic rings. The fourth-order valence-corrected chi connectivity index (χ4v) is 3.94. The number of imidazole rings is 1. The van der Waals surface area contributed by atoms with Crippen molar-refractivity contribution in [2.45, 2.75) is 45.1 Å². The highest BCUT2D eigenvalue weighted by molar-refractivity contribution is 5.79. The van der Waals surface area contributed by atoms with E-state index in [2.05, 4.69) is 18.8 Å². The predicted octanol–water partition coefficient (Wildman–Crippen LogP) is 4.30. The van der Waals surface area contributed by atoms with Crippen molar-refractivity contribution in [1.29, 1.82) is 0 Å². The van der Waals surface area contributed by atoms with Crippen molar-refractivity contribution >= 4 is 5.91 Å². The number of amides is 1. The van der Waals surface area contributed by atoms with Crippen molar-refractivity contribution in [3.05, 3.63) is 78.0 Å². The summed E-state index contributed by atoms with van der Waals surface area (Å²) in [5.41, 5.74) is 2.01. The van der Waals surface area contributed by atoms with Crippen molar-refractivity contribution in [3.63, 3.8) is 0 Å². The number of rotatable bonds is 5. The molecule has 1 saturated heterocycles. The maximum atomic E-state index is 12.9. The lowest BCUT2D eigenvalue weighted by Crippen LogP contribution is -2.32. The highest BCUT2D eigenvalue weighted by Gasteiger charge is 2.31. The van der Waals surface area contributed by atoms with Crippen LogP contribution >= 0.6 is 0 Å². The maximum Gasteiger partial charge on any atom is 0.227 e. The van der Waals surface area contributed by atoms with E-state index < -0.39 is 0 Å². The summed E-state index contributed by atoms with van der Waals surface area (Å²) in [6.45, 7) is 5.05. The number of pyridine rings is 1. The van der Waals surface area contributed by atoms with Gasteiger partial charge in [0.25, 0.3) is 0 Å². The molecule has 4 rings (SSSR count). The summed E-state index contributed by atoms with van der Waals surface area (Å²) in [7, 11) is 0. The molecule has 1 aliphatic rings. The Morgan fingerprint density at radius 2 is 1.96 bits per heavy atom. The van der Waals surface area contributed by atoms with Gasteiger partial charge in [-0.2, -0.15) is 0 Å². The van der Waals surface area contributed by atoms with Crippen LogP contribution < -0.4 is 0 Å². The van der Waals surface area contributed by atoms with E-state index in [9.17, 15) is 4.79 Å². The first-order valence-corrected chi connectivity index (χ1v) is 9.97. The fraction of sp³-hybridized carbons (Fsp3) is 0.348. The normalized spacial score (nSPS) is 16.7. The molecule has 5 nitrogen and oxygen atoms in total. The zero-order valence-corrected chi connectivity index (χ0v) is 16.5. The van der Waals surface area contributed by atoms with E-state index in [1.165, 1.54) is 0 Å². The highest BCUT2D eigenvalue weighted by atomic mass is 16.2. The van der Waals surface area contributed by atoms with E-state index in [1.807, 2.05) is 70.4 Å². The molecule has 1 aromatic carbocycles. The Balaban J connectivity index is 1.58. The van der Waals surface area contributed by atoms with Crippen LogP contribution in [-0.2, 0) is 11.2 Å². The van der Waals surface area contributed by atoms with E-state index in [0.717, 1.165) is 42.3 Å². The Labute approximate surface area is 166 Å². The predicted molar refractivity (Wildman–Crippen MR) is 109 cm³/mol. The van der Waals surface area contributed by atoms with Crippen LogP contribution in [0, 0.1) is 0 Å². The van der Waals surface area contributed by atoms with Crippen molar-refractivity contribution in [3.8, 4) is 5.82 Å². The quantitative estimate of drug-likeness (QED) is 0.669. The molecule has 0 N–H and O–H groups in total. The number of nitrogens with zero attached hydrogens (tertiary/aromatic N) is 4. The lowest BCUT2D eigenvalue weighted by atomic mass is 10.1. The summed E-state index contributed by atoms with van der Waals surface area (Å²) in [6.07, 6.45) is 6.18.